The minimum Gasteiger partial charge on any atom is -0.377 e. The number of rotatable bonds is 7. The lowest BCUT2D eigenvalue weighted by Gasteiger charge is -2.35. The van der Waals surface area contributed by atoms with Crippen LogP contribution in [0.3, 0.4) is 0 Å². The largest absolute Gasteiger partial charge is 0.377 e. The molecule has 1 aromatic rings. The number of nitrogens with one attached hydrogen (secondary N) is 1. The minimum atomic E-state index is 0.137. The Morgan fingerprint density at radius 1 is 0.931 bits per heavy atom. The van der Waals surface area contributed by atoms with Crippen LogP contribution in [0.5, 0.6) is 0 Å². The van der Waals surface area contributed by atoms with Crippen molar-refractivity contribution in [3.05, 3.63) is 23.8 Å². The molecule has 5 nitrogen and oxygen atoms in total. The van der Waals surface area contributed by atoms with Gasteiger partial charge in [-0.2, -0.15) is 0 Å². The molecule has 0 saturated heterocycles. The fourth-order valence-electron chi connectivity index (χ4n) is 4.67. The van der Waals surface area contributed by atoms with Crippen molar-refractivity contribution < 1.29 is 9.59 Å². The Labute approximate surface area is 174 Å². The number of hydrogen-bond acceptors (Lipinski definition) is 3. The molecule has 0 atom stereocenters. The summed E-state index contributed by atoms with van der Waals surface area (Å²) in [7, 11) is 4.08. The van der Waals surface area contributed by atoms with Crippen LogP contribution < -0.4 is 10.2 Å². The summed E-state index contributed by atoms with van der Waals surface area (Å²) < 4.78 is 0. The molecule has 1 aromatic carbocycles. The zero-order valence-corrected chi connectivity index (χ0v) is 18.0. The molecule has 0 heterocycles. The van der Waals surface area contributed by atoms with Gasteiger partial charge in [0.15, 0.2) is 0 Å². The number of carbonyl (C=O) groups excluding carboxylic acids is 2. The van der Waals surface area contributed by atoms with Gasteiger partial charge in [-0.1, -0.05) is 25.7 Å². The predicted molar refractivity (Wildman–Crippen MR) is 117 cm³/mol. The van der Waals surface area contributed by atoms with E-state index in [1.54, 1.807) is 0 Å². The topological polar surface area (TPSA) is 52.7 Å². The summed E-state index contributed by atoms with van der Waals surface area (Å²) in [6, 6.07) is 6.51. The molecule has 29 heavy (non-hydrogen) atoms. The second kappa shape index (κ2) is 8.76. The van der Waals surface area contributed by atoms with Crippen LogP contribution in [0, 0.1) is 11.8 Å². The highest BCUT2D eigenvalue weighted by Crippen LogP contribution is 2.36. The maximum Gasteiger partial charge on any atom is 0.227 e. The molecule has 0 radical (unpaired) electrons. The van der Waals surface area contributed by atoms with E-state index >= 15 is 0 Å². The van der Waals surface area contributed by atoms with Crippen molar-refractivity contribution >= 4 is 23.2 Å². The Morgan fingerprint density at radius 2 is 1.66 bits per heavy atom. The van der Waals surface area contributed by atoms with Gasteiger partial charge in [-0.3, -0.25) is 9.59 Å². The highest BCUT2D eigenvalue weighted by molar-refractivity contribution is 5.93. The summed E-state index contributed by atoms with van der Waals surface area (Å²) in [5, 5.41) is 3.11. The van der Waals surface area contributed by atoms with Gasteiger partial charge < -0.3 is 15.1 Å². The van der Waals surface area contributed by atoms with Crippen molar-refractivity contribution in [3.8, 4) is 0 Å². The van der Waals surface area contributed by atoms with Gasteiger partial charge in [0.1, 0.15) is 0 Å². The van der Waals surface area contributed by atoms with Crippen LogP contribution >= 0.6 is 0 Å². The van der Waals surface area contributed by atoms with Gasteiger partial charge in [0.05, 0.1) is 0 Å². The average molecular weight is 398 g/mol. The molecule has 3 saturated carbocycles. The second-order valence-electron chi connectivity index (χ2n) is 9.39. The summed E-state index contributed by atoms with van der Waals surface area (Å²) in [6.45, 7) is 0.640. The van der Waals surface area contributed by atoms with Crippen LogP contribution in [0.4, 0.5) is 11.4 Å². The standard InChI is InChI=1S/C24H35N3O2/c1-26(2)22-14-13-20(25-23(28)17-7-6-8-17)15-19(22)16-27(24(29)18-11-12-18)21-9-4-3-5-10-21/h13-15,17-18,21H,3-12,16H2,1-2H3,(H,25,28). The van der Waals surface area contributed by atoms with Gasteiger partial charge in [0, 0.05) is 49.9 Å². The maximum absolute atomic E-state index is 13.1. The Bertz CT molecular complexity index is 746. The van der Waals surface area contributed by atoms with Gasteiger partial charge in [0.2, 0.25) is 11.8 Å². The Morgan fingerprint density at radius 3 is 2.24 bits per heavy atom. The van der Waals surface area contributed by atoms with Crippen LogP contribution in [0.15, 0.2) is 18.2 Å². The molecule has 2 amide bonds. The quantitative estimate of drug-likeness (QED) is 0.734. The van der Waals surface area contributed by atoms with E-state index in [9.17, 15) is 9.59 Å². The van der Waals surface area contributed by atoms with Crippen LogP contribution in [0.25, 0.3) is 0 Å². The number of amides is 2. The highest BCUT2D eigenvalue weighted by atomic mass is 16.2. The summed E-state index contributed by atoms with van der Waals surface area (Å²) in [5.74, 6) is 0.881. The molecule has 3 aliphatic rings. The molecule has 5 heteroatoms. The van der Waals surface area contributed by atoms with Crippen molar-refractivity contribution in [1.82, 2.24) is 4.90 Å². The van der Waals surface area contributed by atoms with E-state index in [0.717, 1.165) is 61.9 Å². The first-order chi connectivity index (χ1) is 14.0. The minimum absolute atomic E-state index is 0.137. The van der Waals surface area contributed by atoms with E-state index in [-0.39, 0.29) is 17.7 Å². The molecule has 0 bridgehead atoms. The first kappa shape index (κ1) is 20.2. The van der Waals surface area contributed by atoms with Gasteiger partial charge in [-0.15, -0.1) is 0 Å². The third kappa shape index (κ3) is 4.76. The molecule has 158 valence electrons. The lowest BCUT2D eigenvalue weighted by Crippen LogP contribution is -2.42. The van der Waals surface area contributed by atoms with Crippen LogP contribution in [0.2, 0.25) is 0 Å². The molecule has 0 spiro atoms. The van der Waals surface area contributed by atoms with Crippen LogP contribution in [-0.2, 0) is 16.1 Å². The molecule has 3 fully saturated rings. The molecular formula is C24H35N3O2. The van der Waals surface area contributed by atoms with Crippen LogP contribution in [0.1, 0.15) is 69.8 Å². The van der Waals surface area contributed by atoms with E-state index in [2.05, 4.69) is 27.2 Å². The zero-order chi connectivity index (χ0) is 20.4. The van der Waals surface area contributed by atoms with Crippen LogP contribution in [-0.4, -0.2) is 36.9 Å². The van der Waals surface area contributed by atoms with Gasteiger partial charge in [-0.05, 0) is 62.3 Å². The van der Waals surface area contributed by atoms with Crippen molar-refractivity contribution in [2.75, 3.05) is 24.3 Å². The van der Waals surface area contributed by atoms with E-state index < -0.39 is 0 Å². The molecule has 0 unspecified atom stereocenters. The van der Waals surface area contributed by atoms with E-state index in [0.29, 0.717) is 18.5 Å². The number of carbonyl (C=O) groups is 2. The van der Waals surface area contributed by atoms with Crippen molar-refractivity contribution in [1.29, 1.82) is 0 Å². The third-order valence-electron chi connectivity index (χ3n) is 6.87. The number of hydrogen-bond donors (Lipinski definition) is 1. The third-order valence-corrected chi connectivity index (χ3v) is 6.87. The summed E-state index contributed by atoms with van der Waals surface area (Å²) >= 11 is 0. The first-order valence-corrected chi connectivity index (χ1v) is 11.4. The lowest BCUT2D eigenvalue weighted by atomic mass is 9.85. The monoisotopic (exact) mass is 397 g/mol. The van der Waals surface area contributed by atoms with E-state index in [1.165, 1.54) is 19.3 Å². The normalized spacial score (nSPS) is 20.1. The maximum atomic E-state index is 13.1. The van der Waals surface area contributed by atoms with Gasteiger partial charge in [-0.25, -0.2) is 0 Å². The number of anilines is 2. The van der Waals surface area contributed by atoms with Crippen molar-refractivity contribution in [3.63, 3.8) is 0 Å². The van der Waals surface area contributed by atoms with Crippen molar-refractivity contribution in [2.45, 2.75) is 76.8 Å². The van der Waals surface area contributed by atoms with Crippen molar-refractivity contribution in [2.24, 2.45) is 11.8 Å². The summed E-state index contributed by atoms with van der Waals surface area (Å²) in [4.78, 5) is 29.8. The lowest BCUT2D eigenvalue weighted by molar-refractivity contribution is -0.136. The number of nitrogens with zero attached hydrogens (tertiary/aromatic N) is 2. The van der Waals surface area contributed by atoms with Gasteiger partial charge >= 0.3 is 0 Å². The summed E-state index contributed by atoms with van der Waals surface area (Å²) in [5.41, 5.74) is 3.10. The second-order valence-corrected chi connectivity index (χ2v) is 9.39. The Balaban J connectivity index is 1.56. The molecular weight excluding hydrogens is 362 g/mol. The SMILES string of the molecule is CN(C)c1ccc(NC(=O)C2CCC2)cc1CN(C(=O)C1CC1)C1CCCCC1. The van der Waals surface area contributed by atoms with E-state index in [4.69, 9.17) is 0 Å². The van der Waals surface area contributed by atoms with Gasteiger partial charge in [0.25, 0.3) is 0 Å². The average Bonchev–Trinajstić information content (AvgIpc) is 3.50. The molecule has 0 aromatic heterocycles. The molecule has 4 rings (SSSR count). The highest BCUT2D eigenvalue weighted by Gasteiger charge is 2.37. The fourth-order valence-corrected chi connectivity index (χ4v) is 4.67. The summed E-state index contributed by atoms with van der Waals surface area (Å²) in [6.07, 6.45) is 11.2. The zero-order valence-electron chi connectivity index (χ0n) is 18.0. The fraction of sp³-hybridized carbons (Fsp3) is 0.667. The Kier molecular flexibility index (Phi) is 6.12. The predicted octanol–water partition coefficient (Wildman–Crippen LogP) is 4.56. The molecule has 1 N–H and O–H groups in total. The molecule has 3 aliphatic carbocycles. The first-order valence-electron chi connectivity index (χ1n) is 11.4. The number of benzene rings is 1. The Hall–Kier alpha value is -2.04. The smallest absolute Gasteiger partial charge is 0.227 e. The molecule has 0 aliphatic heterocycles. The van der Waals surface area contributed by atoms with E-state index in [1.807, 2.05) is 20.2 Å².